The maximum Gasteiger partial charge on any atom is 0.325 e. The number of nitrogens with one attached hydrogen (secondary N) is 2. The number of hydrogen-bond donors (Lipinski definition) is 2. The average molecular weight is 562 g/mol. The van der Waals surface area contributed by atoms with Crippen LogP contribution in [-0.4, -0.2) is 30.6 Å². The minimum atomic E-state index is -4.19. The lowest BCUT2D eigenvalue weighted by Gasteiger charge is -2.16. The Morgan fingerprint density at radius 2 is 1.62 bits per heavy atom. The second-order valence-electron chi connectivity index (χ2n) is 9.33. The Morgan fingerprint density at radius 3 is 2.30 bits per heavy atom. The Bertz CT molecular complexity index is 1840. The van der Waals surface area contributed by atoms with Crippen LogP contribution in [0.2, 0.25) is 0 Å². The van der Waals surface area contributed by atoms with Gasteiger partial charge in [-0.25, -0.2) is 0 Å². The number of anilines is 1. The maximum atomic E-state index is 13.4. The van der Waals surface area contributed by atoms with Crippen LogP contribution in [0.3, 0.4) is 0 Å². The van der Waals surface area contributed by atoms with Gasteiger partial charge in [-0.2, -0.15) is 18.4 Å². The van der Waals surface area contributed by atoms with Gasteiger partial charge in [0.05, 0.1) is 21.4 Å². The zero-order valence-corrected chi connectivity index (χ0v) is 23.1. The Morgan fingerprint density at radius 1 is 0.950 bits per heavy atom. The molecule has 0 unspecified atom stereocenters. The van der Waals surface area contributed by atoms with Gasteiger partial charge < -0.3 is 15.3 Å². The lowest BCUT2D eigenvalue weighted by atomic mass is 10.1. The first-order chi connectivity index (χ1) is 18.9. The molecule has 0 aliphatic carbocycles. The molecule has 4 rings (SSSR count). The summed E-state index contributed by atoms with van der Waals surface area (Å²) in [4.78, 5) is 41.6. The topological polar surface area (TPSA) is 156 Å². The van der Waals surface area contributed by atoms with E-state index in [0.717, 1.165) is 16.7 Å². The zero-order chi connectivity index (χ0) is 29.2. The summed E-state index contributed by atoms with van der Waals surface area (Å²) < 4.78 is 26.5. The molecule has 4 aromatic rings. The quantitative estimate of drug-likeness (QED) is 0.145. The van der Waals surface area contributed by atoms with Crippen LogP contribution in [-0.2, 0) is 14.8 Å². The van der Waals surface area contributed by atoms with Crippen molar-refractivity contribution in [3.63, 3.8) is 0 Å². The summed E-state index contributed by atoms with van der Waals surface area (Å²) in [7, 11) is -4.19. The first-order valence-corrected chi connectivity index (χ1v) is 13.7. The van der Waals surface area contributed by atoms with Crippen molar-refractivity contribution in [2.45, 2.75) is 39.0 Å². The zero-order valence-electron chi connectivity index (χ0n) is 22.3. The lowest BCUT2D eigenvalue weighted by molar-refractivity contribution is -0.468. The Balaban J connectivity index is 1.72. The van der Waals surface area contributed by atoms with Gasteiger partial charge in [0, 0.05) is 16.7 Å². The number of aryl methyl sites for hydroxylation is 3. The number of para-hydroxylation sites is 2. The molecule has 0 atom stereocenters. The summed E-state index contributed by atoms with van der Waals surface area (Å²) in [5, 5.41) is 19.2. The molecule has 0 fully saturated rings. The summed E-state index contributed by atoms with van der Waals surface area (Å²) in [5.74, 6) is -1.76. The van der Waals surface area contributed by atoms with Crippen molar-refractivity contribution in [1.82, 2.24) is 9.56 Å². The fourth-order valence-corrected chi connectivity index (χ4v) is 4.81. The number of hydrogen-bond acceptors (Lipinski definition) is 7. The largest absolute Gasteiger partial charge is 0.805 e. The van der Waals surface area contributed by atoms with E-state index in [0.29, 0.717) is 14.8 Å². The number of ketones is 1. The van der Waals surface area contributed by atoms with E-state index >= 15 is 0 Å². The molecule has 11 nitrogen and oxygen atoms in total. The van der Waals surface area contributed by atoms with Gasteiger partial charge in [-0.1, -0.05) is 35.9 Å². The van der Waals surface area contributed by atoms with E-state index in [-0.39, 0.29) is 21.6 Å². The van der Waals surface area contributed by atoms with Crippen LogP contribution >= 0.6 is 0 Å². The molecule has 2 N–H and O–H groups in total. The van der Waals surface area contributed by atoms with E-state index in [9.17, 15) is 28.1 Å². The number of nitrogens with zero attached hydrogens (tertiary/aromatic N) is 3. The Labute approximate surface area is 230 Å². The maximum absolute atomic E-state index is 13.4. The SMILES string of the molecule is Cc1ccc(S(=O)(=O)N/N=C(\CC(=O)c2c(C)n([O-])c3ccccc3[n+]2=O)C(=O)Nc2ccc(C)c(C)c2)cc1. The highest BCUT2D eigenvalue weighted by Crippen LogP contribution is 2.17. The molecule has 0 radical (unpaired) electrons. The highest BCUT2D eigenvalue weighted by molar-refractivity contribution is 7.89. The van der Waals surface area contributed by atoms with Gasteiger partial charge in [-0.05, 0) is 69.2 Å². The number of fused-ring (bicyclic) bond motifs is 1. The van der Waals surface area contributed by atoms with Gasteiger partial charge in [0.25, 0.3) is 21.4 Å². The third-order valence-electron chi connectivity index (χ3n) is 6.42. The van der Waals surface area contributed by atoms with Crippen molar-refractivity contribution >= 4 is 44.1 Å². The number of rotatable bonds is 8. The number of aromatic nitrogens is 2. The fourth-order valence-electron chi connectivity index (χ4n) is 3.98. The number of benzene rings is 3. The first-order valence-electron chi connectivity index (χ1n) is 12.2. The molecule has 0 aliphatic rings. The van der Waals surface area contributed by atoms with Crippen LogP contribution in [0.5, 0.6) is 0 Å². The number of Topliss-reactive ketones (excluding diaryl/α,β-unsaturated/α-hetero) is 1. The minimum Gasteiger partial charge on any atom is -0.805 e. The van der Waals surface area contributed by atoms with E-state index in [1.807, 2.05) is 18.7 Å². The van der Waals surface area contributed by atoms with E-state index in [2.05, 4.69) is 10.4 Å². The molecule has 3 aromatic carbocycles. The third kappa shape index (κ3) is 5.76. The second-order valence-corrected chi connectivity index (χ2v) is 11.0. The van der Waals surface area contributed by atoms with Gasteiger partial charge in [0.15, 0.2) is 0 Å². The molecular weight excluding hydrogens is 534 g/mol. The smallest absolute Gasteiger partial charge is 0.325 e. The number of sulfonamides is 1. The van der Waals surface area contributed by atoms with E-state index in [1.165, 1.54) is 31.2 Å². The normalized spacial score (nSPS) is 11.8. The monoisotopic (exact) mass is 561 g/mol. The summed E-state index contributed by atoms with van der Waals surface area (Å²) >= 11 is 0. The van der Waals surface area contributed by atoms with Gasteiger partial charge in [0.2, 0.25) is 5.78 Å². The second kappa shape index (κ2) is 11.1. The highest BCUT2D eigenvalue weighted by Gasteiger charge is 2.30. The van der Waals surface area contributed by atoms with Gasteiger partial charge >= 0.3 is 5.69 Å². The van der Waals surface area contributed by atoms with Crippen LogP contribution in [0.25, 0.3) is 11.0 Å². The molecule has 0 bridgehead atoms. The predicted octanol–water partition coefficient (Wildman–Crippen LogP) is 3.68. The highest BCUT2D eigenvalue weighted by atomic mass is 32.2. The molecule has 12 heteroatoms. The summed E-state index contributed by atoms with van der Waals surface area (Å²) in [6, 6.07) is 17.1. The van der Waals surface area contributed by atoms with Crippen molar-refractivity contribution < 1.29 is 22.4 Å². The standard InChI is InChI=1S/C28H27N5O6S/c1-17-9-13-22(14-10-17)40(38,39)31-30-23(28(35)29-21-12-11-18(2)19(3)15-21)16-26(34)27-20(4)32(36)24-7-5-6-8-25(24)33(27)37/h5-15,31H,16H2,1-4H3,(H,29,35)/b30-23+. The lowest BCUT2D eigenvalue weighted by Crippen LogP contribution is -2.34. The molecule has 206 valence electrons. The van der Waals surface area contributed by atoms with Gasteiger partial charge in [-0.15, -0.1) is 0 Å². The van der Waals surface area contributed by atoms with Crippen LogP contribution in [0.4, 0.5) is 5.69 Å². The Hall–Kier alpha value is -4.84. The van der Waals surface area contributed by atoms with Crippen LogP contribution in [0, 0.1) is 37.8 Å². The molecule has 1 aromatic heterocycles. The van der Waals surface area contributed by atoms with Crippen molar-refractivity contribution in [1.29, 1.82) is 0 Å². The van der Waals surface area contributed by atoms with Gasteiger partial charge in [-0.3, -0.25) is 9.59 Å². The molecule has 1 heterocycles. The van der Waals surface area contributed by atoms with Crippen molar-refractivity contribution in [3.8, 4) is 0 Å². The van der Waals surface area contributed by atoms with Crippen molar-refractivity contribution in [2.75, 3.05) is 5.32 Å². The Kier molecular flexibility index (Phi) is 7.82. The third-order valence-corrected chi connectivity index (χ3v) is 7.65. The summed E-state index contributed by atoms with van der Waals surface area (Å²) in [5.41, 5.74) is 1.99. The van der Waals surface area contributed by atoms with Crippen LogP contribution < -0.4 is 14.6 Å². The average Bonchev–Trinajstić information content (AvgIpc) is 2.92. The molecule has 1 amide bonds. The van der Waals surface area contributed by atoms with Crippen LogP contribution in [0.15, 0.2) is 76.7 Å². The molecular formula is C28H27N5O6S. The molecule has 0 saturated heterocycles. The number of carbonyl (C=O) groups is 2. The summed E-state index contributed by atoms with van der Waals surface area (Å²) in [6.07, 6.45) is -0.769. The summed E-state index contributed by atoms with van der Waals surface area (Å²) in [6.45, 7) is 6.87. The van der Waals surface area contributed by atoms with E-state index in [1.54, 1.807) is 49.4 Å². The molecule has 0 aliphatic heterocycles. The van der Waals surface area contributed by atoms with E-state index < -0.39 is 39.5 Å². The molecule has 40 heavy (non-hydrogen) atoms. The predicted molar refractivity (Wildman–Crippen MR) is 151 cm³/mol. The number of carbonyl (C=O) groups excluding carboxylic acids is 2. The van der Waals surface area contributed by atoms with Crippen molar-refractivity contribution in [2.24, 2.45) is 5.10 Å². The van der Waals surface area contributed by atoms with E-state index in [4.69, 9.17) is 0 Å². The van der Waals surface area contributed by atoms with Crippen LogP contribution in [0.1, 0.15) is 39.3 Å². The van der Waals surface area contributed by atoms with Gasteiger partial charge in [0.1, 0.15) is 11.2 Å². The van der Waals surface area contributed by atoms with Crippen molar-refractivity contribution in [3.05, 3.63) is 105 Å². The molecule has 0 spiro atoms. The molecule has 0 saturated carbocycles. The number of hydrazone groups is 1. The first kappa shape index (κ1) is 28.2. The number of amides is 1. The fraction of sp³-hybridized carbons (Fsp3) is 0.179. The minimum absolute atomic E-state index is 0.0374.